The van der Waals surface area contributed by atoms with Crippen molar-refractivity contribution in [1.82, 2.24) is 25.6 Å². The highest BCUT2D eigenvalue weighted by molar-refractivity contribution is 7.13. The van der Waals surface area contributed by atoms with Gasteiger partial charge in [-0.1, -0.05) is 6.07 Å². The first-order chi connectivity index (χ1) is 17.4. The second-order valence-corrected chi connectivity index (χ2v) is 11.3. The number of amides is 1. The Kier molecular flexibility index (Phi) is 5.68. The van der Waals surface area contributed by atoms with Gasteiger partial charge >= 0.3 is 0 Å². The Bertz CT molecular complexity index is 1320. The minimum atomic E-state index is -0.437. The Morgan fingerprint density at radius 3 is 2.75 bits per heavy atom. The number of thiazole rings is 1. The van der Waals surface area contributed by atoms with E-state index in [1.807, 2.05) is 19.2 Å². The Hall–Kier alpha value is -3.11. The van der Waals surface area contributed by atoms with Crippen molar-refractivity contribution in [2.75, 3.05) is 23.9 Å². The summed E-state index contributed by atoms with van der Waals surface area (Å²) in [6, 6.07) is 6.39. The Morgan fingerprint density at radius 1 is 1.19 bits per heavy atom. The third-order valence-corrected chi connectivity index (χ3v) is 8.08. The van der Waals surface area contributed by atoms with Crippen LogP contribution in [0.15, 0.2) is 29.8 Å². The molecule has 188 valence electrons. The highest BCUT2D eigenvalue weighted by Gasteiger charge is 2.47. The molecule has 0 atom stereocenters. The number of alkyl halides is 1. The molecule has 1 amide bonds. The Balaban J connectivity index is 1.27. The van der Waals surface area contributed by atoms with Gasteiger partial charge in [0.25, 0.3) is 5.91 Å². The smallest absolute Gasteiger partial charge is 0.256 e. The van der Waals surface area contributed by atoms with E-state index in [1.165, 1.54) is 41.5 Å². The molecule has 3 aliphatic rings. The largest absolute Gasteiger partial charge is 0.350 e. The van der Waals surface area contributed by atoms with Crippen molar-refractivity contribution >= 4 is 39.8 Å². The van der Waals surface area contributed by atoms with E-state index in [1.54, 1.807) is 0 Å². The van der Waals surface area contributed by atoms with Crippen LogP contribution in [0.2, 0.25) is 0 Å². The molecule has 1 aromatic carbocycles. The van der Waals surface area contributed by atoms with Crippen LogP contribution in [0.1, 0.15) is 66.7 Å². The second kappa shape index (κ2) is 8.77. The normalized spacial score (nSPS) is 18.6. The number of nitrogens with one attached hydrogen (secondary N) is 4. The van der Waals surface area contributed by atoms with Gasteiger partial charge in [0.2, 0.25) is 5.95 Å². The summed E-state index contributed by atoms with van der Waals surface area (Å²) >= 11 is 1.38. The van der Waals surface area contributed by atoms with E-state index < -0.39 is 12.1 Å². The fraction of sp³-hybridized carbons (Fsp3) is 0.462. The van der Waals surface area contributed by atoms with Crippen molar-refractivity contribution in [2.24, 2.45) is 0 Å². The zero-order chi connectivity index (χ0) is 24.9. The van der Waals surface area contributed by atoms with E-state index in [9.17, 15) is 9.18 Å². The molecule has 1 spiro atoms. The molecule has 2 aromatic heterocycles. The average molecular weight is 508 g/mol. The number of aromatic nitrogens is 3. The second-order valence-electron chi connectivity index (χ2n) is 10.4. The number of nitrogens with zero attached hydrogens (tertiary/aromatic N) is 3. The van der Waals surface area contributed by atoms with Crippen molar-refractivity contribution < 1.29 is 9.18 Å². The summed E-state index contributed by atoms with van der Waals surface area (Å²) < 4.78 is 13.5. The van der Waals surface area contributed by atoms with E-state index in [2.05, 4.69) is 54.4 Å². The number of anilines is 4. The molecule has 3 aromatic rings. The molecule has 2 fully saturated rings. The van der Waals surface area contributed by atoms with E-state index in [4.69, 9.17) is 0 Å². The van der Waals surface area contributed by atoms with E-state index in [-0.39, 0.29) is 17.5 Å². The zero-order valence-electron chi connectivity index (χ0n) is 20.4. The van der Waals surface area contributed by atoms with Gasteiger partial charge in [0.05, 0.1) is 5.69 Å². The third-order valence-electron chi connectivity index (χ3n) is 7.32. The number of hydrogen-bond acceptors (Lipinski definition) is 8. The number of fused-ring (bicyclic) bond motifs is 2. The summed E-state index contributed by atoms with van der Waals surface area (Å²) in [4.78, 5) is 26.5. The fourth-order valence-electron chi connectivity index (χ4n) is 4.91. The lowest BCUT2D eigenvalue weighted by Gasteiger charge is -2.27. The fourth-order valence-corrected chi connectivity index (χ4v) is 5.74. The lowest BCUT2D eigenvalue weighted by Crippen LogP contribution is -2.36. The van der Waals surface area contributed by atoms with Crippen LogP contribution in [0.4, 0.5) is 27.0 Å². The van der Waals surface area contributed by atoms with Crippen LogP contribution in [0, 0.1) is 0 Å². The van der Waals surface area contributed by atoms with Crippen LogP contribution < -0.4 is 21.3 Å². The Morgan fingerprint density at radius 2 is 2.03 bits per heavy atom. The van der Waals surface area contributed by atoms with Crippen molar-refractivity contribution in [1.29, 1.82) is 0 Å². The lowest BCUT2D eigenvalue weighted by atomic mass is 9.92. The number of carbonyl (C=O) groups excluding carboxylic acids is 1. The van der Waals surface area contributed by atoms with Crippen molar-refractivity contribution in [3.63, 3.8) is 0 Å². The minimum Gasteiger partial charge on any atom is -0.350 e. The van der Waals surface area contributed by atoms with Gasteiger partial charge in [-0.3, -0.25) is 9.18 Å². The average Bonchev–Trinajstić information content (AvgIpc) is 3.77. The highest BCUT2D eigenvalue weighted by Crippen LogP contribution is 2.50. The van der Waals surface area contributed by atoms with Crippen molar-refractivity contribution in [2.45, 2.75) is 62.9 Å². The summed E-state index contributed by atoms with van der Waals surface area (Å²) in [6.07, 6.45) is 6.52. The summed E-state index contributed by atoms with van der Waals surface area (Å²) in [5, 5.41) is 15.5. The molecule has 0 bridgehead atoms. The van der Waals surface area contributed by atoms with Crippen LogP contribution in [-0.4, -0.2) is 40.1 Å². The molecule has 36 heavy (non-hydrogen) atoms. The SMILES string of the molecule is CC(C)NC(=O)c1cnc(Nc2ccc3c(c2)CCNC32CC2)nc1Nc1nc(C2(CF)CC2)cs1. The molecule has 10 heteroatoms. The van der Waals surface area contributed by atoms with Crippen molar-refractivity contribution in [3.05, 3.63) is 52.2 Å². The predicted molar refractivity (Wildman–Crippen MR) is 139 cm³/mol. The van der Waals surface area contributed by atoms with Gasteiger partial charge in [-0.2, -0.15) is 4.98 Å². The van der Waals surface area contributed by atoms with E-state index in [0.717, 1.165) is 37.2 Å². The highest BCUT2D eigenvalue weighted by atomic mass is 32.1. The molecule has 0 radical (unpaired) electrons. The standard InChI is InChI=1S/C26H30FN7OS/c1-15(2)30-22(35)18-12-28-23(31-17-3-4-19-16(11-17)5-10-29-26(19)8-9-26)33-21(18)34-24-32-20(13-36-24)25(14-27)6-7-25/h3-4,11-13,15,29H,5-10,14H2,1-2H3,(H,30,35)(H2,28,31,32,33,34). The number of halogens is 1. The molecule has 0 saturated heterocycles. The first-order valence-corrected chi connectivity index (χ1v) is 13.4. The molecule has 4 N–H and O–H groups in total. The summed E-state index contributed by atoms with van der Waals surface area (Å²) in [5.41, 5.74) is 4.48. The first-order valence-electron chi connectivity index (χ1n) is 12.5. The molecule has 2 saturated carbocycles. The van der Waals surface area contributed by atoms with Crippen LogP contribution in [0.3, 0.4) is 0 Å². The van der Waals surface area contributed by atoms with Gasteiger partial charge in [-0.25, -0.2) is 9.97 Å². The molecule has 3 heterocycles. The van der Waals surface area contributed by atoms with Gasteiger partial charge in [-0.15, -0.1) is 11.3 Å². The Labute approximate surface area is 213 Å². The van der Waals surface area contributed by atoms with Crippen molar-refractivity contribution in [3.8, 4) is 0 Å². The number of benzene rings is 1. The van der Waals surface area contributed by atoms with Gasteiger partial charge in [0.1, 0.15) is 12.2 Å². The maximum absolute atomic E-state index is 13.5. The molecule has 8 nitrogen and oxygen atoms in total. The lowest BCUT2D eigenvalue weighted by molar-refractivity contribution is 0.0943. The van der Waals surface area contributed by atoms with Gasteiger partial charge in [0.15, 0.2) is 10.9 Å². The molecular formula is C26H30FN7OS. The number of carbonyl (C=O) groups is 1. The van der Waals surface area contributed by atoms with Crippen LogP contribution in [0.25, 0.3) is 0 Å². The van der Waals surface area contributed by atoms with Crippen LogP contribution in [0.5, 0.6) is 0 Å². The zero-order valence-corrected chi connectivity index (χ0v) is 21.3. The maximum Gasteiger partial charge on any atom is 0.256 e. The summed E-state index contributed by atoms with van der Waals surface area (Å²) in [6.45, 7) is 4.38. The molecular weight excluding hydrogens is 477 g/mol. The van der Waals surface area contributed by atoms with Gasteiger partial charge in [0, 0.05) is 40.8 Å². The quantitative estimate of drug-likeness (QED) is 0.351. The minimum absolute atomic E-state index is 0.0337. The predicted octanol–water partition coefficient (Wildman–Crippen LogP) is 4.69. The molecule has 0 unspecified atom stereocenters. The monoisotopic (exact) mass is 507 g/mol. The van der Waals surface area contributed by atoms with E-state index in [0.29, 0.717) is 22.5 Å². The topological polar surface area (TPSA) is 104 Å². The van der Waals surface area contributed by atoms with E-state index >= 15 is 0 Å². The number of rotatable bonds is 8. The molecule has 2 aliphatic carbocycles. The van der Waals surface area contributed by atoms with Crippen LogP contribution >= 0.6 is 11.3 Å². The maximum atomic E-state index is 13.5. The first kappa shape index (κ1) is 23.3. The summed E-state index contributed by atoms with van der Waals surface area (Å²) in [7, 11) is 0. The summed E-state index contributed by atoms with van der Waals surface area (Å²) in [5.74, 6) is 0.470. The third kappa shape index (κ3) is 4.32. The molecule has 1 aliphatic heterocycles. The number of hydrogen-bond donors (Lipinski definition) is 4. The molecule has 6 rings (SSSR count). The van der Waals surface area contributed by atoms with Gasteiger partial charge in [-0.05, 0) is 69.2 Å². The van der Waals surface area contributed by atoms with Gasteiger partial charge < -0.3 is 21.3 Å². The van der Waals surface area contributed by atoms with Crippen LogP contribution in [-0.2, 0) is 17.4 Å².